The number of ether oxygens (including phenoxy) is 1. The minimum atomic E-state index is -0.436. The van der Waals surface area contributed by atoms with Gasteiger partial charge in [0.15, 0.2) is 11.6 Å². The number of fused-ring (bicyclic) bond motifs is 1. The fraction of sp³-hybridized carbons (Fsp3) is 0.308. The van der Waals surface area contributed by atoms with Gasteiger partial charge in [-0.05, 0) is 30.9 Å². The predicted molar refractivity (Wildman–Crippen MR) is 64.3 cm³/mol. The minimum Gasteiger partial charge on any atom is -0.488 e. The summed E-state index contributed by atoms with van der Waals surface area (Å²) in [5.41, 5.74) is 6.66. The number of aromatic nitrogens is 1. The van der Waals surface area contributed by atoms with E-state index in [-0.39, 0.29) is 5.75 Å². The average molecular weight is 232 g/mol. The van der Waals surface area contributed by atoms with Crippen LogP contribution in [0, 0.1) is 11.7 Å². The highest BCUT2D eigenvalue weighted by Gasteiger charge is 2.23. The number of anilines is 1. The van der Waals surface area contributed by atoms with Gasteiger partial charge in [-0.1, -0.05) is 0 Å². The van der Waals surface area contributed by atoms with Crippen LogP contribution in [0.15, 0.2) is 24.4 Å². The topological polar surface area (TPSA) is 48.1 Å². The lowest BCUT2D eigenvalue weighted by atomic mass is 10.1. The molecule has 0 amide bonds. The lowest BCUT2D eigenvalue weighted by Crippen LogP contribution is -2.03. The lowest BCUT2D eigenvalue weighted by molar-refractivity contribution is 0.288. The zero-order chi connectivity index (χ0) is 11.8. The fourth-order valence-electron chi connectivity index (χ4n) is 1.84. The molecular weight excluding hydrogens is 219 g/mol. The molecule has 0 bridgehead atoms. The summed E-state index contributed by atoms with van der Waals surface area (Å²) in [5, 5.41) is 0.736. The number of hydrogen-bond acceptors (Lipinski definition) is 3. The molecule has 3 rings (SSSR count). The van der Waals surface area contributed by atoms with Crippen LogP contribution in [0.1, 0.15) is 12.8 Å². The van der Waals surface area contributed by atoms with Crippen molar-refractivity contribution < 1.29 is 9.13 Å². The molecule has 0 saturated heterocycles. The van der Waals surface area contributed by atoms with Gasteiger partial charge in [0.2, 0.25) is 0 Å². The molecule has 1 aliphatic rings. The second kappa shape index (κ2) is 3.87. The van der Waals surface area contributed by atoms with Crippen molar-refractivity contribution in [2.24, 2.45) is 5.92 Å². The molecule has 4 heteroatoms. The maximum Gasteiger partial charge on any atom is 0.181 e. The maximum atomic E-state index is 13.8. The molecule has 88 valence electrons. The average Bonchev–Trinajstić information content (AvgIpc) is 3.13. The van der Waals surface area contributed by atoms with Gasteiger partial charge in [-0.2, -0.15) is 0 Å². The van der Waals surface area contributed by atoms with Crippen LogP contribution in [-0.2, 0) is 0 Å². The molecule has 1 fully saturated rings. The van der Waals surface area contributed by atoms with Crippen LogP contribution in [0.5, 0.6) is 5.75 Å². The molecule has 0 unspecified atom stereocenters. The third-order valence-electron chi connectivity index (χ3n) is 2.99. The Bertz CT molecular complexity index is 567. The normalized spacial score (nSPS) is 15.1. The van der Waals surface area contributed by atoms with Gasteiger partial charge < -0.3 is 10.5 Å². The van der Waals surface area contributed by atoms with Crippen molar-refractivity contribution in [3.05, 3.63) is 30.2 Å². The number of benzene rings is 1. The second-order valence-corrected chi connectivity index (χ2v) is 4.43. The molecule has 1 heterocycles. The highest BCUT2D eigenvalue weighted by atomic mass is 19.1. The quantitative estimate of drug-likeness (QED) is 0.828. The van der Waals surface area contributed by atoms with Gasteiger partial charge in [0.25, 0.3) is 0 Å². The molecule has 0 radical (unpaired) electrons. The molecule has 3 nitrogen and oxygen atoms in total. The van der Waals surface area contributed by atoms with Crippen molar-refractivity contribution in [1.29, 1.82) is 0 Å². The molecule has 0 aliphatic heterocycles. The van der Waals surface area contributed by atoms with E-state index >= 15 is 0 Å². The van der Waals surface area contributed by atoms with Crippen molar-refractivity contribution in [2.75, 3.05) is 12.3 Å². The van der Waals surface area contributed by atoms with Gasteiger partial charge in [0.1, 0.15) is 5.52 Å². The van der Waals surface area contributed by atoms with Crippen LogP contribution in [0.3, 0.4) is 0 Å². The van der Waals surface area contributed by atoms with Crippen LogP contribution in [0.25, 0.3) is 10.9 Å². The first-order chi connectivity index (χ1) is 8.25. The van der Waals surface area contributed by atoms with E-state index in [1.807, 2.05) is 6.07 Å². The van der Waals surface area contributed by atoms with Crippen molar-refractivity contribution in [3.8, 4) is 5.75 Å². The minimum absolute atomic E-state index is 0.224. The molecule has 0 spiro atoms. The Hall–Kier alpha value is -1.84. The first-order valence-corrected chi connectivity index (χ1v) is 5.71. The SMILES string of the molecule is Nc1cc(F)c(OCC2CC2)c2ncccc12. The number of nitrogens with two attached hydrogens (primary N) is 1. The van der Waals surface area contributed by atoms with Gasteiger partial charge in [0.05, 0.1) is 6.61 Å². The number of halogens is 1. The zero-order valence-electron chi connectivity index (χ0n) is 9.32. The van der Waals surface area contributed by atoms with Crippen LogP contribution in [0.4, 0.5) is 10.1 Å². The highest BCUT2D eigenvalue weighted by molar-refractivity contribution is 5.94. The first-order valence-electron chi connectivity index (χ1n) is 5.71. The summed E-state index contributed by atoms with van der Waals surface area (Å²) in [6.07, 6.45) is 3.95. The molecule has 0 atom stereocenters. The molecule has 17 heavy (non-hydrogen) atoms. The third kappa shape index (κ3) is 1.90. The number of hydrogen-bond donors (Lipinski definition) is 1. The van der Waals surface area contributed by atoms with E-state index < -0.39 is 5.82 Å². The van der Waals surface area contributed by atoms with Crippen LogP contribution < -0.4 is 10.5 Å². The van der Waals surface area contributed by atoms with Crippen molar-refractivity contribution in [3.63, 3.8) is 0 Å². The van der Waals surface area contributed by atoms with Gasteiger partial charge in [-0.15, -0.1) is 0 Å². The summed E-state index contributed by atoms with van der Waals surface area (Å²) < 4.78 is 19.3. The van der Waals surface area contributed by atoms with E-state index in [2.05, 4.69) is 4.98 Å². The second-order valence-electron chi connectivity index (χ2n) is 4.43. The Kier molecular flexibility index (Phi) is 2.35. The summed E-state index contributed by atoms with van der Waals surface area (Å²) in [4.78, 5) is 4.16. The van der Waals surface area contributed by atoms with Gasteiger partial charge in [-0.3, -0.25) is 4.98 Å². The van der Waals surface area contributed by atoms with E-state index in [1.165, 1.54) is 18.9 Å². The fourth-order valence-corrected chi connectivity index (χ4v) is 1.84. The summed E-state index contributed by atoms with van der Waals surface area (Å²) in [6, 6.07) is 4.90. The van der Waals surface area contributed by atoms with E-state index in [1.54, 1.807) is 12.3 Å². The van der Waals surface area contributed by atoms with E-state index in [0.29, 0.717) is 23.7 Å². The molecule has 1 aromatic carbocycles. The summed E-state index contributed by atoms with van der Waals surface area (Å²) in [7, 11) is 0. The molecule has 1 aromatic heterocycles. The van der Waals surface area contributed by atoms with Gasteiger partial charge in [0, 0.05) is 23.3 Å². The zero-order valence-corrected chi connectivity index (χ0v) is 9.32. The molecular formula is C13H13FN2O. The van der Waals surface area contributed by atoms with Crippen molar-refractivity contribution >= 4 is 16.6 Å². The number of nitrogens with zero attached hydrogens (tertiary/aromatic N) is 1. The van der Waals surface area contributed by atoms with Crippen molar-refractivity contribution in [1.82, 2.24) is 4.98 Å². The van der Waals surface area contributed by atoms with Crippen molar-refractivity contribution in [2.45, 2.75) is 12.8 Å². The maximum absolute atomic E-state index is 13.8. The van der Waals surface area contributed by atoms with Crippen LogP contribution >= 0.6 is 0 Å². The Morgan fingerprint density at radius 2 is 2.29 bits per heavy atom. The van der Waals surface area contributed by atoms with Crippen LogP contribution in [0.2, 0.25) is 0 Å². The van der Waals surface area contributed by atoms with E-state index in [9.17, 15) is 4.39 Å². The van der Waals surface area contributed by atoms with E-state index in [4.69, 9.17) is 10.5 Å². The van der Waals surface area contributed by atoms with Crippen LogP contribution in [-0.4, -0.2) is 11.6 Å². The predicted octanol–water partition coefficient (Wildman–Crippen LogP) is 2.74. The Morgan fingerprint density at radius 3 is 3.06 bits per heavy atom. The summed E-state index contributed by atoms with van der Waals surface area (Å²) in [5.74, 6) is 0.363. The number of nitrogen functional groups attached to an aromatic ring is 1. The number of pyridine rings is 1. The molecule has 1 aliphatic carbocycles. The van der Waals surface area contributed by atoms with E-state index in [0.717, 1.165) is 5.39 Å². The largest absolute Gasteiger partial charge is 0.488 e. The molecule has 2 N–H and O–H groups in total. The Labute approximate surface area is 98.4 Å². The Balaban J connectivity index is 2.07. The summed E-state index contributed by atoms with van der Waals surface area (Å²) in [6.45, 7) is 0.562. The Morgan fingerprint density at radius 1 is 1.47 bits per heavy atom. The molecule has 2 aromatic rings. The smallest absolute Gasteiger partial charge is 0.181 e. The third-order valence-corrected chi connectivity index (χ3v) is 2.99. The first kappa shape index (κ1) is 10.3. The monoisotopic (exact) mass is 232 g/mol. The lowest BCUT2D eigenvalue weighted by Gasteiger charge is -2.10. The standard InChI is InChI=1S/C13H13FN2O/c14-10-6-11(15)9-2-1-5-16-12(9)13(10)17-7-8-3-4-8/h1-2,5-6,8H,3-4,7,15H2. The highest BCUT2D eigenvalue weighted by Crippen LogP contribution is 2.34. The number of rotatable bonds is 3. The van der Waals surface area contributed by atoms with Gasteiger partial charge in [-0.25, -0.2) is 4.39 Å². The van der Waals surface area contributed by atoms with Gasteiger partial charge >= 0.3 is 0 Å². The molecule has 1 saturated carbocycles. The summed E-state index contributed by atoms with van der Waals surface area (Å²) >= 11 is 0.